The van der Waals surface area contributed by atoms with Gasteiger partial charge in [-0.2, -0.15) is 5.10 Å². The molecule has 0 spiro atoms. The van der Waals surface area contributed by atoms with E-state index in [9.17, 15) is 9.59 Å². The minimum Gasteiger partial charge on any atom is -0.382 e. The second kappa shape index (κ2) is 8.37. The molecule has 0 aromatic carbocycles. The standard InChI is InChI=1S/C11H17N3O4/c1-17-7-8-18-6-2-5-12-11(16)9-3-4-10(15)14-13-9/h3-4H,2,5-8H2,1H3,(H,12,16)(H,14,15). The summed E-state index contributed by atoms with van der Waals surface area (Å²) in [6.45, 7) is 2.16. The van der Waals surface area contributed by atoms with Crippen molar-refractivity contribution in [2.24, 2.45) is 0 Å². The Morgan fingerprint density at radius 3 is 2.89 bits per heavy atom. The summed E-state index contributed by atoms with van der Waals surface area (Å²) in [6.07, 6.45) is 0.707. The van der Waals surface area contributed by atoms with Crippen LogP contribution >= 0.6 is 0 Å². The maximum atomic E-state index is 11.5. The van der Waals surface area contributed by atoms with Crippen molar-refractivity contribution in [3.8, 4) is 0 Å². The Hall–Kier alpha value is -1.73. The molecule has 1 amide bonds. The molecule has 0 aliphatic heterocycles. The molecule has 0 atom stereocenters. The van der Waals surface area contributed by atoms with Crippen molar-refractivity contribution in [2.45, 2.75) is 6.42 Å². The Morgan fingerprint density at radius 1 is 1.39 bits per heavy atom. The van der Waals surface area contributed by atoms with Gasteiger partial charge < -0.3 is 14.8 Å². The van der Waals surface area contributed by atoms with Gasteiger partial charge in [0.25, 0.3) is 11.5 Å². The van der Waals surface area contributed by atoms with Crippen LogP contribution in [-0.4, -0.2) is 49.6 Å². The number of hydrogen-bond donors (Lipinski definition) is 2. The zero-order valence-corrected chi connectivity index (χ0v) is 10.3. The van der Waals surface area contributed by atoms with Gasteiger partial charge in [-0.05, 0) is 12.5 Å². The predicted octanol–water partition coefficient (Wildman–Crippen LogP) is -0.447. The van der Waals surface area contributed by atoms with Gasteiger partial charge in [0, 0.05) is 26.3 Å². The van der Waals surface area contributed by atoms with Crippen LogP contribution < -0.4 is 10.9 Å². The van der Waals surface area contributed by atoms with Gasteiger partial charge in [0.2, 0.25) is 0 Å². The number of methoxy groups -OCH3 is 1. The number of amides is 1. The van der Waals surface area contributed by atoms with Crippen LogP contribution in [0.5, 0.6) is 0 Å². The Morgan fingerprint density at radius 2 is 2.22 bits per heavy atom. The lowest BCUT2D eigenvalue weighted by Gasteiger charge is -2.05. The second-order valence-corrected chi connectivity index (χ2v) is 3.52. The average Bonchev–Trinajstić information content (AvgIpc) is 2.38. The highest BCUT2D eigenvalue weighted by atomic mass is 16.5. The number of carbonyl (C=O) groups is 1. The van der Waals surface area contributed by atoms with Crippen LogP contribution in [0.15, 0.2) is 16.9 Å². The third-order valence-electron chi connectivity index (χ3n) is 2.09. The van der Waals surface area contributed by atoms with Gasteiger partial charge in [-0.15, -0.1) is 0 Å². The Labute approximate surface area is 104 Å². The molecule has 0 aliphatic rings. The van der Waals surface area contributed by atoms with E-state index >= 15 is 0 Å². The number of aromatic amines is 1. The van der Waals surface area contributed by atoms with Crippen molar-refractivity contribution in [3.63, 3.8) is 0 Å². The highest BCUT2D eigenvalue weighted by Gasteiger charge is 2.05. The van der Waals surface area contributed by atoms with Crippen LogP contribution in [0.3, 0.4) is 0 Å². The smallest absolute Gasteiger partial charge is 0.271 e. The predicted molar refractivity (Wildman–Crippen MR) is 64.5 cm³/mol. The number of hydrogen-bond acceptors (Lipinski definition) is 5. The quantitative estimate of drug-likeness (QED) is 0.614. The van der Waals surface area contributed by atoms with Crippen molar-refractivity contribution < 1.29 is 14.3 Å². The first-order valence-electron chi connectivity index (χ1n) is 5.64. The molecule has 0 saturated carbocycles. The van der Waals surface area contributed by atoms with Crippen molar-refractivity contribution in [2.75, 3.05) is 33.5 Å². The summed E-state index contributed by atoms with van der Waals surface area (Å²) in [6, 6.07) is 2.64. The van der Waals surface area contributed by atoms with Gasteiger partial charge >= 0.3 is 0 Å². The summed E-state index contributed by atoms with van der Waals surface area (Å²) >= 11 is 0. The van der Waals surface area contributed by atoms with E-state index in [0.29, 0.717) is 32.8 Å². The zero-order valence-electron chi connectivity index (χ0n) is 10.3. The minimum absolute atomic E-state index is 0.190. The maximum absolute atomic E-state index is 11.5. The summed E-state index contributed by atoms with van der Waals surface area (Å²) in [5.41, 5.74) is -0.145. The lowest BCUT2D eigenvalue weighted by atomic mass is 10.3. The first-order valence-corrected chi connectivity index (χ1v) is 5.64. The first-order chi connectivity index (χ1) is 8.74. The Balaban J connectivity index is 2.14. The van der Waals surface area contributed by atoms with Gasteiger partial charge in [-0.25, -0.2) is 5.10 Å². The number of carbonyl (C=O) groups excluding carboxylic acids is 1. The van der Waals surface area contributed by atoms with Gasteiger partial charge in [0.05, 0.1) is 13.2 Å². The molecule has 18 heavy (non-hydrogen) atoms. The van der Waals surface area contributed by atoms with E-state index in [1.165, 1.54) is 12.1 Å². The lowest BCUT2D eigenvalue weighted by Crippen LogP contribution is -2.27. The van der Waals surface area contributed by atoms with Gasteiger partial charge in [0.15, 0.2) is 0 Å². The van der Waals surface area contributed by atoms with Crippen molar-refractivity contribution in [1.82, 2.24) is 15.5 Å². The molecule has 7 nitrogen and oxygen atoms in total. The van der Waals surface area contributed by atoms with E-state index in [1.54, 1.807) is 7.11 Å². The van der Waals surface area contributed by atoms with Crippen LogP contribution in [0, 0.1) is 0 Å². The SMILES string of the molecule is COCCOCCCNC(=O)c1ccc(=O)[nH]n1. The van der Waals surface area contributed by atoms with E-state index in [1.807, 2.05) is 0 Å². The monoisotopic (exact) mass is 255 g/mol. The van der Waals surface area contributed by atoms with E-state index in [2.05, 4.69) is 15.5 Å². The van der Waals surface area contributed by atoms with Crippen molar-refractivity contribution >= 4 is 5.91 Å². The summed E-state index contributed by atoms with van der Waals surface area (Å²) in [5.74, 6) is -0.317. The highest BCUT2D eigenvalue weighted by molar-refractivity contribution is 5.91. The molecule has 1 rings (SSSR count). The van der Waals surface area contributed by atoms with E-state index in [0.717, 1.165) is 0 Å². The summed E-state index contributed by atoms with van der Waals surface area (Å²) < 4.78 is 10.1. The normalized spacial score (nSPS) is 10.3. The first kappa shape index (κ1) is 14.3. The minimum atomic E-state index is -0.335. The largest absolute Gasteiger partial charge is 0.382 e. The molecular weight excluding hydrogens is 238 g/mol. The molecule has 0 unspecified atom stereocenters. The molecule has 1 aromatic heterocycles. The number of nitrogens with one attached hydrogen (secondary N) is 2. The third-order valence-corrected chi connectivity index (χ3v) is 2.09. The molecule has 0 bridgehead atoms. The molecule has 0 radical (unpaired) electrons. The average molecular weight is 255 g/mol. The molecule has 1 aromatic rings. The van der Waals surface area contributed by atoms with E-state index in [-0.39, 0.29) is 17.2 Å². The number of aromatic nitrogens is 2. The molecule has 0 saturated heterocycles. The van der Waals surface area contributed by atoms with Crippen LogP contribution in [0.1, 0.15) is 16.9 Å². The fraction of sp³-hybridized carbons (Fsp3) is 0.545. The third kappa shape index (κ3) is 5.55. The number of rotatable bonds is 8. The summed E-state index contributed by atoms with van der Waals surface area (Å²) in [4.78, 5) is 22.3. The van der Waals surface area contributed by atoms with Crippen LogP contribution in [0.4, 0.5) is 0 Å². The van der Waals surface area contributed by atoms with E-state index in [4.69, 9.17) is 9.47 Å². The van der Waals surface area contributed by atoms with Crippen molar-refractivity contribution in [1.29, 1.82) is 0 Å². The molecule has 100 valence electrons. The molecular formula is C11H17N3O4. The lowest BCUT2D eigenvalue weighted by molar-refractivity contribution is 0.0688. The molecule has 1 heterocycles. The fourth-order valence-electron chi connectivity index (χ4n) is 1.18. The van der Waals surface area contributed by atoms with Gasteiger partial charge in [-0.1, -0.05) is 0 Å². The molecule has 7 heteroatoms. The van der Waals surface area contributed by atoms with Gasteiger partial charge in [-0.3, -0.25) is 9.59 Å². The topological polar surface area (TPSA) is 93.3 Å². The van der Waals surface area contributed by atoms with Crippen LogP contribution in [-0.2, 0) is 9.47 Å². The number of ether oxygens (including phenoxy) is 2. The van der Waals surface area contributed by atoms with E-state index < -0.39 is 0 Å². The summed E-state index contributed by atoms with van der Waals surface area (Å²) in [7, 11) is 1.61. The second-order valence-electron chi connectivity index (χ2n) is 3.52. The summed E-state index contributed by atoms with van der Waals surface area (Å²) in [5, 5.41) is 8.50. The molecule has 2 N–H and O–H groups in total. The molecule has 0 fully saturated rings. The zero-order chi connectivity index (χ0) is 13.2. The Kier molecular flexibility index (Phi) is 6.67. The van der Waals surface area contributed by atoms with Gasteiger partial charge in [0.1, 0.15) is 5.69 Å². The molecule has 0 aliphatic carbocycles. The number of H-pyrrole nitrogens is 1. The highest BCUT2D eigenvalue weighted by Crippen LogP contribution is 1.89. The van der Waals surface area contributed by atoms with Crippen LogP contribution in [0.2, 0.25) is 0 Å². The fourth-order valence-corrected chi connectivity index (χ4v) is 1.18. The van der Waals surface area contributed by atoms with Crippen molar-refractivity contribution in [3.05, 3.63) is 28.2 Å². The van der Waals surface area contributed by atoms with Crippen LogP contribution in [0.25, 0.3) is 0 Å². The number of nitrogens with zero attached hydrogens (tertiary/aromatic N) is 1. The maximum Gasteiger partial charge on any atom is 0.271 e. The Bertz CT molecular complexity index is 398.